The van der Waals surface area contributed by atoms with E-state index in [1.807, 2.05) is 0 Å². The molecule has 0 aliphatic rings. The summed E-state index contributed by atoms with van der Waals surface area (Å²) >= 11 is 0. The minimum atomic E-state index is -4.21. The van der Waals surface area contributed by atoms with E-state index in [2.05, 4.69) is 9.97 Å². The molecule has 1 rings (SSSR count). The molecule has 0 aromatic carbocycles. The van der Waals surface area contributed by atoms with E-state index in [4.69, 9.17) is 5.26 Å². The predicted octanol–water partition coefficient (Wildman–Crippen LogP) is 1.74. The molecule has 0 atom stereocenters. The fourth-order valence-electron chi connectivity index (χ4n) is 0.989. The summed E-state index contributed by atoms with van der Waals surface area (Å²) in [5.41, 5.74) is 0.129. The average Bonchev–Trinajstić information content (AvgIpc) is 2.25. The maximum Gasteiger partial charge on any atom is 0.390 e. The second-order valence-corrected chi connectivity index (χ2v) is 3.14. The molecule has 0 fully saturated rings. The molecule has 0 saturated heterocycles. The molecular formula is C9H9F3N4. The average molecular weight is 230 g/mol. The summed E-state index contributed by atoms with van der Waals surface area (Å²) in [6, 6.07) is 3.18. The van der Waals surface area contributed by atoms with E-state index in [0.717, 1.165) is 0 Å². The molecular weight excluding hydrogens is 221 g/mol. The zero-order valence-corrected chi connectivity index (χ0v) is 8.49. The van der Waals surface area contributed by atoms with Crippen molar-refractivity contribution in [3.63, 3.8) is 0 Å². The molecule has 0 aliphatic carbocycles. The van der Waals surface area contributed by atoms with Crippen molar-refractivity contribution in [2.45, 2.75) is 12.6 Å². The maximum absolute atomic E-state index is 12.0. The first-order chi connectivity index (χ1) is 7.42. The van der Waals surface area contributed by atoms with E-state index < -0.39 is 12.6 Å². The highest BCUT2D eigenvalue weighted by atomic mass is 19.4. The molecule has 1 heterocycles. The summed E-state index contributed by atoms with van der Waals surface area (Å²) in [5, 5.41) is 8.56. The highest BCUT2D eigenvalue weighted by Gasteiger charge is 2.27. The number of rotatable bonds is 3. The number of halogens is 3. The predicted molar refractivity (Wildman–Crippen MR) is 50.7 cm³/mol. The molecule has 0 saturated carbocycles. The molecule has 0 bridgehead atoms. The van der Waals surface area contributed by atoms with E-state index in [9.17, 15) is 13.2 Å². The van der Waals surface area contributed by atoms with Crippen LogP contribution < -0.4 is 4.90 Å². The van der Waals surface area contributed by atoms with E-state index in [0.29, 0.717) is 0 Å². The van der Waals surface area contributed by atoms with Crippen LogP contribution >= 0.6 is 0 Å². The second-order valence-electron chi connectivity index (χ2n) is 3.14. The fraction of sp³-hybridized carbons (Fsp3) is 0.444. The van der Waals surface area contributed by atoms with E-state index >= 15 is 0 Å². The van der Waals surface area contributed by atoms with Crippen LogP contribution in [0.15, 0.2) is 12.3 Å². The zero-order chi connectivity index (χ0) is 12.2. The lowest BCUT2D eigenvalue weighted by Crippen LogP contribution is -2.25. The van der Waals surface area contributed by atoms with Gasteiger partial charge in [-0.3, -0.25) is 0 Å². The third kappa shape index (κ3) is 3.73. The van der Waals surface area contributed by atoms with Gasteiger partial charge in [-0.2, -0.15) is 18.4 Å². The molecule has 16 heavy (non-hydrogen) atoms. The first-order valence-electron chi connectivity index (χ1n) is 4.43. The first-order valence-corrected chi connectivity index (χ1v) is 4.43. The Balaban J connectivity index is 2.66. The van der Waals surface area contributed by atoms with Crippen molar-refractivity contribution in [2.75, 3.05) is 18.5 Å². The summed E-state index contributed by atoms with van der Waals surface area (Å²) < 4.78 is 35.9. The molecule has 0 unspecified atom stereocenters. The number of aromatic nitrogens is 2. The number of hydrogen-bond acceptors (Lipinski definition) is 4. The Kier molecular flexibility index (Phi) is 3.66. The third-order valence-electron chi connectivity index (χ3n) is 1.83. The van der Waals surface area contributed by atoms with E-state index in [1.165, 1.54) is 24.2 Å². The van der Waals surface area contributed by atoms with Crippen LogP contribution in [-0.2, 0) is 0 Å². The van der Waals surface area contributed by atoms with Crippen LogP contribution in [0.1, 0.15) is 12.1 Å². The summed E-state index contributed by atoms with van der Waals surface area (Å²) in [7, 11) is 1.45. The highest BCUT2D eigenvalue weighted by Crippen LogP contribution is 2.20. The number of hydrogen-bond donors (Lipinski definition) is 0. The van der Waals surface area contributed by atoms with E-state index in [1.54, 1.807) is 6.07 Å². The smallest absolute Gasteiger partial charge is 0.344 e. The lowest BCUT2D eigenvalue weighted by atomic mass is 10.4. The van der Waals surface area contributed by atoms with Crippen LogP contribution in [0.25, 0.3) is 0 Å². The number of anilines is 1. The molecule has 0 amide bonds. The van der Waals surface area contributed by atoms with Gasteiger partial charge in [0.05, 0.1) is 6.42 Å². The highest BCUT2D eigenvalue weighted by molar-refractivity contribution is 5.32. The quantitative estimate of drug-likeness (QED) is 0.793. The van der Waals surface area contributed by atoms with Crippen molar-refractivity contribution >= 4 is 5.95 Å². The van der Waals surface area contributed by atoms with Gasteiger partial charge in [0.2, 0.25) is 5.95 Å². The summed E-state index contributed by atoms with van der Waals surface area (Å²) in [5.74, 6) is 0.114. The molecule has 7 heteroatoms. The molecule has 0 N–H and O–H groups in total. The normalized spacial score (nSPS) is 10.9. The molecule has 4 nitrogen and oxygen atoms in total. The largest absolute Gasteiger partial charge is 0.390 e. The van der Waals surface area contributed by atoms with Crippen molar-refractivity contribution < 1.29 is 13.2 Å². The van der Waals surface area contributed by atoms with Gasteiger partial charge in [-0.25, -0.2) is 9.97 Å². The van der Waals surface area contributed by atoms with Gasteiger partial charge in [0.15, 0.2) is 0 Å². The number of alkyl halides is 3. The van der Waals surface area contributed by atoms with Crippen LogP contribution in [0.4, 0.5) is 19.1 Å². The first kappa shape index (κ1) is 12.2. The van der Waals surface area contributed by atoms with Crippen LogP contribution in [0.3, 0.4) is 0 Å². The topological polar surface area (TPSA) is 52.8 Å². The molecule has 0 aliphatic heterocycles. The van der Waals surface area contributed by atoms with Gasteiger partial charge >= 0.3 is 6.18 Å². The van der Waals surface area contributed by atoms with Crippen molar-refractivity contribution in [3.8, 4) is 6.07 Å². The SMILES string of the molecule is CN(CCC(F)(F)F)c1nccc(C#N)n1. The lowest BCUT2D eigenvalue weighted by molar-refractivity contribution is -0.132. The van der Waals surface area contributed by atoms with Crippen LogP contribution in [-0.4, -0.2) is 29.7 Å². The lowest BCUT2D eigenvalue weighted by Gasteiger charge is -2.17. The van der Waals surface area contributed by atoms with Crippen molar-refractivity contribution in [2.24, 2.45) is 0 Å². The minimum Gasteiger partial charge on any atom is -0.344 e. The van der Waals surface area contributed by atoms with Crippen molar-refractivity contribution in [3.05, 3.63) is 18.0 Å². The molecule has 0 spiro atoms. The molecule has 1 aromatic rings. The van der Waals surface area contributed by atoms with Crippen LogP contribution in [0, 0.1) is 11.3 Å². The summed E-state index contributed by atoms with van der Waals surface area (Å²) in [6.45, 7) is -0.238. The number of nitrogens with zero attached hydrogens (tertiary/aromatic N) is 4. The summed E-state index contributed by atoms with van der Waals surface area (Å²) in [6.07, 6.45) is -3.81. The molecule has 0 radical (unpaired) electrons. The summed E-state index contributed by atoms with van der Waals surface area (Å²) in [4.78, 5) is 8.82. The van der Waals surface area contributed by atoms with Crippen molar-refractivity contribution in [1.82, 2.24) is 9.97 Å². The molecule has 1 aromatic heterocycles. The van der Waals surface area contributed by atoms with Gasteiger partial charge < -0.3 is 4.90 Å². The van der Waals surface area contributed by atoms with Gasteiger partial charge in [0.25, 0.3) is 0 Å². The Bertz CT molecular complexity index is 396. The van der Waals surface area contributed by atoms with E-state index in [-0.39, 0.29) is 18.2 Å². The van der Waals surface area contributed by atoms with Gasteiger partial charge in [-0.1, -0.05) is 0 Å². The van der Waals surface area contributed by atoms with Gasteiger partial charge in [-0.15, -0.1) is 0 Å². The Morgan fingerprint density at radius 1 is 1.50 bits per heavy atom. The zero-order valence-electron chi connectivity index (χ0n) is 8.49. The third-order valence-corrected chi connectivity index (χ3v) is 1.83. The minimum absolute atomic E-state index is 0.114. The molecule has 86 valence electrons. The van der Waals surface area contributed by atoms with Gasteiger partial charge in [0, 0.05) is 19.8 Å². The van der Waals surface area contributed by atoms with Gasteiger partial charge in [-0.05, 0) is 6.07 Å². The monoisotopic (exact) mass is 230 g/mol. The van der Waals surface area contributed by atoms with Crippen LogP contribution in [0.5, 0.6) is 0 Å². The Hall–Kier alpha value is -1.84. The van der Waals surface area contributed by atoms with Gasteiger partial charge in [0.1, 0.15) is 11.8 Å². The standard InChI is InChI=1S/C9H9F3N4/c1-16(5-3-9(10,11)12)8-14-4-2-7(6-13)15-8/h2,4H,3,5H2,1H3. The Morgan fingerprint density at radius 3 is 2.75 bits per heavy atom. The number of nitriles is 1. The van der Waals surface area contributed by atoms with Crippen LogP contribution in [0.2, 0.25) is 0 Å². The maximum atomic E-state index is 12.0. The Morgan fingerprint density at radius 2 is 2.19 bits per heavy atom. The Labute approximate surface area is 90.3 Å². The fourth-order valence-corrected chi connectivity index (χ4v) is 0.989. The van der Waals surface area contributed by atoms with Crippen molar-refractivity contribution in [1.29, 1.82) is 5.26 Å². The second kappa shape index (κ2) is 4.79.